The lowest BCUT2D eigenvalue weighted by Gasteiger charge is -2.39. The molecular formula is C22H30N2O2. The van der Waals surface area contributed by atoms with Crippen molar-refractivity contribution in [2.24, 2.45) is 5.92 Å². The largest absolute Gasteiger partial charge is 0.339 e. The Hall–Kier alpha value is -2.10. The molecule has 2 aliphatic rings. The predicted molar refractivity (Wildman–Crippen MR) is 104 cm³/mol. The Kier molecular flexibility index (Phi) is 6.48. The molecule has 140 valence electrons. The Morgan fingerprint density at radius 2 is 1.77 bits per heavy atom. The number of carbonyl (C=O) groups excluding carboxylic acids is 2. The zero-order valence-corrected chi connectivity index (χ0v) is 15.8. The second-order valence-electron chi connectivity index (χ2n) is 7.43. The Morgan fingerprint density at radius 1 is 1.04 bits per heavy atom. The highest BCUT2D eigenvalue weighted by Crippen LogP contribution is 2.26. The maximum absolute atomic E-state index is 12.9. The molecule has 2 fully saturated rings. The van der Waals surface area contributed by atoms with E-state index in [1.165, 1.54) is 6.42 Å². The van der Waals surface area contributed by atoms with E-state index < -0.39 is 0 Å². The van der Waals surface area contributed by atoms with E-state index in [9.17, 15) is 9.59 Å². The molecule has 2 heterocycles. The third kappa shape index (κ3) is 4.54. The summed E-state index contributed by atoms with van der Waals surface area (Å²) in [5, 5.41) is 0. The van der Waals surface area contributed by atoms with E-state index >= 15 is 0 Å². The van der Waals surface area contributed by atoms with Gasteiger partial charge in [0.25, 0.3) is 0 Å². The summed E-state index contributed by atoms with van der Waals surface area (Å²) < 4.78 is 0. The molecule has 4 nitrogen and oxygen atoms in total. The topological polar surface area (TPSA) is 40.6 Å². The smallest absolute Gasteiger partial charge is 0.246 e. The minimum atomic E-state index is 0.0455. The van der Waals surface area contributed by atoms with Crippen molar-refractivity contribution in [2.75, 3.05) is 19.6 Å². The van der Waals surface area contributed by atoms with Crippen LogP contribution in [0.15, 0.2) is 36.4 Å². The Labute approximate surface area is 156 Å². The van der Waals surface area contributed by atoms with Crippen LogP contribution in [0.4, 0.5) is 0 Å². The molecule has 1 aromatic rings. The fourth-order valence-corrected chi connectivity index (χ4v) is 4.13. The van der Waals surface area contributed by atoms with Gasteiger partial charge in [-0.05, 0) is 50.2 Å². The van der Waals surface area contributed by atoms with Crippen LogP contribution in [0.3, 0.4) is 0 Å². The van der Waals surface area contributed by atoms with E-state index in [0.717, 1.165) is 44.2 Å². The maximum atomic E-state index is 12.9. The van der Waals surface area contributed by atoms with Gasteiger partial charge in [0.1, 0.15) is 0 Å². The first-order chi connectivity index (χ1) is 12.7. The molecule has 1 atom stereocenters. The molecular weight excluding hydrogens is 324 g/mol. The minimum Gasteiger partial charge on any atom is -0.339 e. The van der Waals surface area contributed by atoms with Gasteiger partial charge < -0.3 is 9.80 Å². The van der Waals surface area contributed by atoms with Gasteiger partial charge in [0.2, 0.25) is 11.8 Å². The normalized spacial score (nSPS) is 22.0. The molecule has 0 aromatic heterocycles. The van der Waals surface area contributed by atoms with Crippen molar-refractivity contribution in [2.45, 2.75) is 51.5 Å². The van der Waals surface area contributed by atoms with Crippen LogP contribution in [0.25, 0.3) is 6.08 Å². The van der Waals surface area contributed by atoms with Gasteiger partial charge in [0, 0.05) is 37.7 Å². The molecule has 2 aliphatic heterocycles. The number of hydrogen-bond acceptors (Lipinski definition) is 2. The van der Waals surface area contributed by atoms with E-state index in [1.807, 2.05) is 41.3 Å². The average Bonchev–Trinajstić information content (AvgIpc) is 2.72. The molecule has 0 spiro atoms. The van der Waals surface area contributed by atoms with E-state index in [4.69, 9.17) is 0 Å². The van der Waals surface area contributed by atoms with Crippen molar-refractivity contribution in [3.05, 3.63) is 42.0 Å². The number of hydrogen-bond donors (Lipinski definition) is 0. The molecule has 26 heavy (non-hydrogen) atoms. The highest BCUT2D eigenvalue weighted by molar-refractivity contribution is 5.92. The van der Waals surface area contributed by atoms with Gasteiger partial charge >= 0.3 is 0 Å². The van der Waals surface area contributed by atoms with Crippen molar-refractivity contribution in [3.8, 4) is 0 Å². The number of likely N-dealkylation sites (tertiary alicyclic amines) is 2. The molecule has 3 rings (SSSR count). The van der Waals surface area contributed by atoms with Gasteiger partial charge in [-0.2, -0.15) is 0 Å². The molecule has 1 aromatic carbocycles. The van der Waals surface area contributed by atoms with Crippen molar-refractivity contribution in [3.63, 3.8) is 0 Å². The van der Waals surface area contributed by atoms with Gasteiger partial charge in [-0.25, -0.2) is 0 Å². The highest BCUT2D eigenvalue weighted by atomic mass is 16.2. The lowest BCUT2D eigenvalue weighted by Crippen LogP contribution is -2.49. The Balaban J connectivity index is 1.51. The molecule has 0 N–H and O–H groups in total. The fraction of sp³-hybridized carbons (Fsp3) is 0.545. The summed E-state index contributed by atoms with van der Waals surface area (Å²) in [4.78, 5) is 29.3. The molecule has 0 bridgehead atoms. The maximum Gasteiger partial charge on any atom is 0.246 e. The summed E-state index contributed by atoms with van der Waals surface area (Å²) in [5.74, 6) is 0.455. The lowest BCUT2D eigenvalue weighted by atomic mass is 9.92. The number of benzene rings is 1. The summed E-state index contributed by atoms with van der Waals surface area (Å²) in [7, 11) is 0. The Morgan fingerprint density at radius 3 is 2.46 bits per heavy atom. The lowest BCUT2D eigenvalue weighted by molar-refractivity contribution is -0.142. The average molecular weight is 354 g/mol. The number of piperidine rings is 2. The van der Waals surface area contributed by atoms with E-state index in [1.54, 1.807) is 6.08 Å². The van der Waals surface area contributed by atoms with Crippen LogP contribution in [0, 0.1) is 5.92 Å². The van der Waals surface area contributed by atoms with E-state index in [0.29, 0.717) is 25.0 Å². The molecule has 0 radical (unpaired) electrons. The van der Waals surface area contributed by atoms with Gasteiger partial charge in [-0.15, -0.1) is 0 Å². The highest BCUT2D eigenvalue weighted by Gasteiger charge is 2.33. The minimum absolute atomic E-state index is 0.0455. The van der Waals surface area contributed by atoms with E-state index in [-0.39, 0.29) is 11.8 Å². The number of nitrogens with zero attached hydrogens (tertiary/aromatic N) is 2. The van der Waals surface area contributed by atoms with Crippen LogP contribution >= 0.6 is 0 Å². The number of rotatable bonds is 4. The molecule has 0 saturated carbocycles. The van der Waals surface area contributed by atoms with Crippen molar-refractivity contribution in [1.82, 2.24) is 9.80 Å². The summed E-state index contributed by atoms with van der Waals surface area (Å²) >= 11 is 0. The van der Waals surface area contributed by atoms with Crippen LogP contribution in [-0.4, -0.2) is 47.3 Å². The van der Waals surface area contributed by atoms with Crippen LogP contribution < -0.4 is 0 Å². The van der Waals surface area contributed by atoms with Crippen LogP contribution in [0.5, 0.6) is 0 Å². The second-order valence-corrected chi connectivity index (χ2v) is 7.43. The third-order valence-electron chi connectivity index (χ3n) is 5.76. The summed E-state index contributed by atoms with van der Waals surface area (Å²) in [6.45, 7) is 4.45. The number of amides is 2. The van der Waals surface area contributed by atoms with Gasteiger partial charge in [0.05, 0.1) is 0 Å². The van der Waals surface area contributed by atoms with Crippen LogP contribution in [-0.2, 0) is 9.59 Å². The molecule has 2 amide bonds. The first kappa shape index (κ1) is 18.7. The van der Waals surface area contributed by atoms with E-state index in [2.05, 4.69) is 11.8 Å². The quantitative estimate of drug-likeness (QED) is 0.773. The molecule has 1 unspecified atom stereocenters. The standard InChI is InChI=1S/C22H30N2O2/c1-2-20-10-6-7-15-24(20)22(26)19-13-16-23(17-14-19)21(25)12-11-18-8-4-3-5-9-18/h3-5,8-9,11-12,19-20H,2,6-7,10,13-17H2,1H3. The number of carbonyl (C=O) groups is 2. The first-order valence-corrected chi connectivity index (χ1v) is 10.0. The molecule has 2 saturated heterocycles. The third-order valence-corrected chi connectivity index (χ3v) is 5.76. The first-order valence-electron chi connectivity index (χ1n) is 10.0. The zero-order valence-electron chi connectivity index (χ0n) is 15.8. The van der Waals surface area contributed by atoms with Gasteiger partial charge in [0.15, 0.2) is 0 Å². The summed E-state index contributed by atoms with van der Waals surface area (Å²) in [5.41, 5.74) is 1.03. The predicted octanol–water partition coefficient (Wildman–Crippen LogP) is 3.73. The fourth-order valence-electron chi connectivity index (χ4n) is 4.13. The summed E-state index contributed by atoms with van der Waals surface area (Å²) in [6.07, 6.45) is 9.64. The van der Waals surface area contributed by atoms with Crippen LogP contribution in [0.2, 0.25) is 0 Å². The summed E-state index contributed by atoms with van der Waals surface area (Å²) in [6, 6.07) is 10.3. The second kappa shape index (κ2) is 9.02. The SMILES string of the molecule is CCC1CCCCN1C(=O)C1CCN(C(=O)C=Cc2ccccc2)CC1. The van der Waals surface area contributed by atoms with Crippen LogP contribution in [0.1, 0.15) is 51.0 Å². The van der Waals surface area contributed by atoms with Crippen molar-refractivity contribution in [1.29, 1.82) is 0 Å². The molecule has 4 heteroatoms. The van der Waals surface area contributed by atoms with Gasteiger partial charge in [-0.3, -0.25) is 9.59 Å². The van der Waals surface area contributed by atoms with Gasteiger partial charge in [-0.1, -0.05) is 37.3 Å². The van der Waals surface area contributed by atoms with Crippen molar-refractivity contribution < 1.29 is 9.59 Å². The zero-order chi connectivity index (χ0) is 18.4. The monoisotopic (exact) mass is 354 g/mol. The Bertz CT molecular complexity index is 633. The van der Waals surface area contributed by atoms with Crippen molar-refractivity contribution >= 4 is 17.9 Å². The molecule has 0 aliphatic carbocycles.